The van der Waals surface area contributed by atoms with Crippen LogP contribution in [0.1, 0.15) is 23.3 Å². The highest BCUT2D eigenvalue weighted by atomic mass is 16.5. The predicted molar refractivity (Wildman–Crippen MR) is 132 cm³/mol. The molecule has 1 aromatic heterocycles. The summed E-state index contributed by atoms with van der Waals surface area (Å²) in [5.41, 5.74) is -2.15. The van der Waals surface area contributed by atoms with E-state index in [4.69, 9.17) is 13.9 Å². The Hall–Kier alpha value is -3.31. The van der Waals surface area contributed by atoms with Crippen LogP contribution >= 0.6 is 0 Å². The Labute approximate surface area is 224 Å². The summed E-state index contributed by atoms with van der Waals surface area (Å²) in [6.07, 6.45) is -15.7. The topological polar surface area (TPSA) is 251 Å². The zero-order valence-corrected chi connectivity index (χ0v) is 20.6. The molecule has 40 heavy (non-hydrogen) atoms. The van der Waals surface area contributed by atoms with E-state index in [-0.39, 0.29) is 11.5 Å². The summed E-state index contributed by atoms with van der Waals surface area (Å²) in [5, 5.41) is 104. The van der Waals surface area contributed by atoms with Crippen LogP contribution < -0.4 is 5.43 Å². The highest BCUT2D eigenvalue weighted by Gasteiger charge is 2.48. The normalized spacial score (nSPS) is 32.8. The minimum Gasteiger partial charge on any atom is -0.508 e. The first-order valence-electron chi connectivity index (χ1n) is 12.3. The van der Waals surface area contributed by atoms with Gasteiger partial charge >= 0.3 is 0 Å². The molecule has 0 amide bonds. The molecule has 2 aromatic carbocycles. The third kappa shape index (κ3) is 4.49. The minimum absolute atomic E-state index is 0.0710. The predicted octanol–water partition coefficient (Wildman–Crippen LogP) is -1.75. The minimum atomic E-state index is -1.98. The van der Waals surface area contributed by atoms with E-state index in [1.54, 1.807) is 0 Å². The summed E-state index contributed by atoms with van der Waals surface area (Å²) in [6, 6.07) is 6.50. The summed E-state index contributed by atoms with van der Waals surface area (Å²) in [6.45, 7) is -1.34. The lowest BCUT2D eigenvalue weighted by Crippen LogP contribution is -2.55. The number of phenols is 3. The number of fused-ring (bicyclic) bond motifs is 1. The Bertz CT molecular complexity index is 1450. The van der Waals surface area contributed by atoms with Crippen molar-refractivity contribution in [3.05, 3.63) is 51.7 Å². The van der Waals surface area contributed by atoms with Gasteiger partial charge in [-0.15, -0.1) is 0 Å². The van der Waals surface area contributed by atoms with Crippen molar-refractivity contribution in [2.45, 2.75) is 54.9 Å². The molecule has 0 spiro atoms. The Kier molecular flexibility index (Phi) is 7.47. The maximum Gasteiger partial charge on any atom is 0.197 e. The van der Waals surface area contributed by atoms with E-state index >= 15 is 0 Å². The molecule has 10 N–H and O–H groups in total. The van der Waals surface area contributed by atoms with Crippen LogP contribution in [0.2, 0.25) is 0 Å². The lowest BCUT2D eigenvalue weighted by molar-refractivity contribution is -0.232. The number of ether oxygens (including phenoxy) is 2. The second-order valence-corrected chi connectivity index (χ2v) is 9.80. The Morgan fingerprint density at radius 1 is 0.775 bits per heavy atom. The quantitative estimate of drug-likeness (QED) is 0.169. The van der Waals surface area contributed by atoms with Crippen LogP contribution in [0.4, 0.5) is 0 Å². The number of phenolic OH excluding ortho intramolecular Hbond substituents is 3. The molecule has 216 valence electrons. The van der Waals surface area contributed by atoms with Crippen molar-refractivity contribution in [1.29, 1.82) is 0 Å². The van der Waals surface area contributed by atoms with E-state index < -0.39 is 107 Å². The van der Waals surface area contributed by atoms with Gasteiger partial charge in [-0.2, -0.15) is 0 Å². The molecule has 9 atom stereocenters. The van der Waals surface area contributed by atoms with E-state index in [9.17, 15) is 55.9 Å². The SMILES string of the molecule is O=c1cc(-c2ccc(O)cc2)oc2c([C@@H]3OC[C@H](O)[C@@H](O)[C@@H]3O)c(O)c([C@@H]3O[C@H](CO)[C@@H](O)[C@H](O)[C@H]3O)c(O)c12. The molecular formula is C26H28O14. The number of hydrogen-bond donors (Lipinski definition) is 10. The molecule has 3 aromatic rings. The third-order valence-corrected chi connectivity index (χ3v) is 7.31. The monoisotopic (exact) mass is 564 g/mol. The second kappa shape index (κ2) is 10.6. The van der Waals surface area contributed by atoms with Gasteiger partial charge in [-0.1, -0.05) is 0 Å². The summed E-state index contributed by atoms with van der Waals surface area (Å²) in [7, 11) is 0. The van der Waals surface area contributed by atoms with E-state index in [2.05, 4.69) is 0 Å². The maximum absolute atomic E-state index is 13.4. The van der Waals surface area contributed by atoms with Gasteiger partial charge in [0.25, 0.3) is 0 Å². The van der Waals surface area contributed by atoms with Crippen molar-refractivity contribution in [3.63, 3.8) is 0 Å². The van der Waals surface area contributed by atoms with Gasteiger partial charge in [-0.3, -0.25) is 4.79 Å². The average molecular weight is 564 g/mol. The maximum atomic E-state index is 13.4. The molecule has 0 saturated carbocycles. The molecule has 2 fully saturated rings. The number of aliphatic hydroxyl groups excluding tert-OH is 7. The van der Waals surface area contributed by atoms with Crippen LogP contribution in [0, 0.1) is 0 Å². The Morgan fingerprint density at radius 3 is 2.08 bits per heavy atom. The summed E-state index contributed by atoms with van der Waals surface area (Å²) < 4.78 is 16.9. The van der Waals surface area contributed by atoms with Crippen molar-refractivity contribution in [3.8, 4) is 28.6 Å². The number of hydrogen-bond acceptors (Lipinski definition) is 14. The first-order valence-corrected chi connectivity index (χ1v) is 12.3. The number of rotatable bonds is 4. The molecule has 0 aliphatic carbocycles. The van der Waals surface area contributed by atoms with Crippen molar-refractivity contribution in [2.75, 3.05) is 13.2 Å². The van der Waals surface area contributed by atoms with Crippen LogP contribution in [0.5, 0.6) is 17.2 Å². The standard InChI is InChI=1S/C26H28O14/c27-6-13-18(32)21(35)23(37)26(40-13)15-19(33)14-10(29)5-12(8-1-3-9(28)4-2-8)39-24(14)16(20(15)34)25-22(36)17(31)11(30)7-38-25/h1-5,11,13,17-18,21-23,25-28,30-37H,6-7H2/t11-,13+,17+,18+,21-,22-,23+,25-,26-/m0/s1. The first kappa shape index (κ1) is 28.2. The zero-order valence-electron chi connectivity index (χ0n) is 20.6. The van der Waals surface area contributed by atoms with Gasteiger partial charge in [0.15, 0.2) is 11.0 Å². The summed E-state index contributed by atoms with van der Waals surface area (Å²) in [4.78, 5) is 13.4. The highest BCUT2D eigenvalue weighted by Crippen LogP contribution is 2.50. The van der Waals surface area contributed by atoms with Gasteiger partial charge in [0.2, 0.25) is 0 Å². The molecule has 0 radical (unpaired) electrons. The lowest BCUT2D eigenvalue weighted by atomic mass is 9.85. The van der Waals surface area contributed by atoms with Crippen molar-refractivity contribution in [1.82, 2.24) is 0 Å². The molecule has 2 aliphatic rings. The summed E-state index contributed by atoms with van der Waals surface area (Å²) >= 11 is 0. The fourth-order valence-electron chi connectivity index (χ4n) is 5.11. The van der Waals surface area contributed by atoms with Crippen LogP contribution in [0.15, 0.2) is 39.5 Å². The summed E-state index contributed by atoms with van der Waals surface area (Å²) in [5.74, 6) is -2.01. The van der Waals surface area contributed by atoms with Gasteiger partial charge < -0.3 is 65.0 Å². The molecular weight excluding hydrogens is 536 g/mol. The van der Waals surface area contributed by atoms with Gasteiger partial charge in [0.05, 0.1) is 24.3 Å². The van der Waals surface area contributed by atoms with Crippen molar-refractivity contribution in [2.24, 2.45) is 0 Å². The van der Waals surface area contributed by atoms with Crippen LogP contribution in [-0.4, -0.2) is 107 Å². The molecule has 14 nitrogen and oxygen atoms in total. The molecule has 0 bridgehead atoms. The van der Waals surface area contributed by atoms with Crippen molar-refractivity contribution < 1.29 is 65.0 Å². The van der Waals surface area contributed by atoms with Gasteiger partial charge in [-0.25, -0.2) is 0 Å². The lowest BCUT2D eigenvalue weighted by Gasteiger charge is -2.41. The number of benzene rings is 2. The third-order valence-electron chi connectivity index (χ3n) is 7.31. The second-order valence-electron chi connectivity index (χ2n) is 9.80. The molecule has 3 heterocycles. The van der Waals surface area contributed by atoms with Gasteiger partial charge in [0.1, 0.15) is 83.3 Å². The van der Waals surface area contributed by atoms with Crippen LogP contribution in [0.3, 0.4) is 0 Å². The number of aromatic hydroxyl groups is 3. The van der Waals surface area contributed by atoms with E-state index in [0.29, 0.717) is 5.56 Å². The van der Waals surface area contributed by atoms with Crippen LogP contribution in [-0.2, 0) is 9.47 Å². The Balaban J connectivity index is 1.80. The van der Waals surface area contributed by atoms with E-state index in [1.165, 1.54) is 24.3 Å². The first-order chi connectivity index (χ1) is 19.0. The van der Waals surface area contributed by atoms with E-state index in [0.717, 1.165) is 6.07 Å². The van der Waals surface area contributed by atoms with Crippen LogP contribution in [0.25, 0.3) is 22.3 Å². The smallest absolute Gasteiger partial charge is 0.197 e. The fraction of sp³-hybridized carbons (Fsp3) is 0.423. The average Bonchev–Trinajstić information content (AvgIpc) is 2.92. The van der Waals surface area contributed by atoms with Crippen molar-refractivity contribution >= 4 is 11.0 Å². The van der Waals surface area contributed by atoms with E-state index in [1.807, 2.05) is 0 Å². The highest BCUT2D eigenvalue weighted by molar-refractivity contribution is 5.92. The van der Waals surface area contributed by atoms with Gasteiger partial charge in [-0.05, 0) is 24.3 Å². The molecule has 5 rings (SSSR count). The fourth-order valence-corrected chi connectivity index (χ4v) is 5.11. The molecule has 0 unspecified atom stereocenters. The number of aliphatic hydroxyl groups is 7. The molecule has 2 saturated heterocycles. The largest absolute Gasteiger partial charge is 0.508 e. The van der Waals surface area contributed by atoms with Gasteiger partial charge in [0, 0.05) is 11.6 Å². The molecule has 14 heteroatoms. The Morgan fingerprint density at radius 2 is 1.43 bits per heavy atom. The zero-order chi connectivity index (χ0) is 29.0. The molecule has 2 aliphatic heterocycles.